The van der Waals surface area contributed by atoms with E-state index in [1.807, 2.05) is 37.3 Å². The minimum atomic E-state index is -0.327. The first-order valence-electron chi connectivity index (χ1n) is 10.0. The highest BCUT2D eigenvalue weighted by molar-refractivity contribution is 6.06. The van der Waals surface area contributed by atoms with Crippen LogP contribution in [0.15, 0.2) is 40.9 Å². The predicted octanol–water partition coefficient (Wildman–Crippen LogP) is 2.59. The molecule has 156 valence electrons. The van der Waals surface area contributed by atoms with Crippen molar-refractivity contribution in [3.05, 3.63) is 59.2 Å². The lowest BCUT2D eigenvalue weighted by atomic mass is 10.2. The van der Waals surface area contributed by atoms with Gasteiger partial charge in [0.15, 0.2) is 0 Å². The van der Waals surface area contributed by atoms with Crippen molar-refractivity contribution in [2.75, 3.05) is 13.6 Å². The molecule has 1 fully saturated rings. The van der Waals surface area contributed by atoms with E-state index in [1.54, 1.807) is 19.0 Å². The molecule has 3 aromatic rings. The van der Waals surface area contributed by atoms with Gasteiger partial charge in [0, 0.05) is 38.7 Å². The van der Waals surface area contributed by atoms with Gasteiger partial charge in [0.25, 0.3) is 11.8 Å². The third kappa shape index (κ3) is 3.98. The smallest absolute Gasteiger partial charge is 0.270 e. The zero-order chi connectivity index (χ0) is 21.3. The minimum Gasteiger partial charge on any atom is -0.441 e. The van der Waals surface area contributed by atoms with Gasteiger partial charge >= 0.3 is 0 Å². The Morgan fingerprint density at radius 1 is 1.27 bits per heavy atom. The molecule has 2 aromatic heterocycles. The lowest BCUT2D eigenvalue weighted by molar-refractivity contribution is 0.0776. The Morgan fingerprint density at radius 3 is 2.70 bits per heavy atom. The highest BCUT2D eigenvalue weighted by Crippen LogP contribution is 2.27. The summed E-state index contributed by atoms with van der Waals surface area (Å²) in [6.45, 7) is 2.24. The molecule has 1 aromatic carbocycles. The van der Waals surface area contributed by atoms with Crippen LogP contribution in [0.1, 0.15) is 45.1 Å². The summed E-state index contributed by atoms with van der Waals surface area (Å²) in [5, 5.41) is 7.00. The molecule has 1 N–H and O–H groups in total. The van der Waals surface area contributed by atoms with Gasteiger partial charge in [-0.3, -0.25) is 14.3 Å². The molecule has 0 radical (unpaired) electrons. The van der Waals surface area contributed by atoms with Crippen LogP contribution in [0.2, 0.25) is 0 Å². The van der Waals surface area contributed by atoms with Gasteiger partial charge in [-0.25, -0.2) is 4.98 Å². The molecular formula is C22H25N5O3. The Balaban J connectivity index is 1.41. The van der Waals surface area contributed by atoms with Crippen molar-refractivity contribution in [1.29, 1.82) is 0 Å². The van der Waals surface area contributed by atoms with E-state index in [1.165, 1.54) is 10.9 Å². The summed E-state index contributed by atoms with van der Waals surface area (Å²) >= 11 is 0. The zero-order valence-corrected chi connectivity index (χ0v) is 17.4. The van der Waals surface area contributed by atoms with E-state index in [0.29, 0.717) is 24.4 Å². The Morgan fingerprint density at radius 2 is 2.00 bits per heavy atom. The predicted molar refractivity (Wildman–Crippen MR) is 111 cm³/mol. The maximum atomic E-state index is 12.8. The quantitative estimate of drug-likeness (QED) is 0.650. The van der Waals surface area contributed by atoms with E-state index >= 15 is 0 Å². The second kappa shape index (κ2) is 8.14. The Kier molecular flexibility index (Phi) is 5.39. The summed E-state index contributed by atoms with van der Waals surface area (Å²) < 4.78 is 7.21. The largest absolute Gasteiger partial charge is 0.441 e. The normalized spacial score (nSPS) is 13.3. The van der Waals surface area contributed by atoms with Crippen molar-refractivity contribution in [3.63, 3.8) is 0 Å². The summed E-state index contributed by atoms with van der Waals surface area (Å²) in [6, 6.07) is 9.95. The van der Waals surface area contributed by atoms with Crippen LogP contribution in [0.3, 0.4) is 0 Å². The van der Waals surface area contributed by atoms with Gasteiger partial charge in [0.1, 0.15) is 11.5 Å². The monoisotopic (exact) mass is 407 g/mol. The third-order valence-electron chi connectivity index (χ3n) is 5.36. The first-order valence-corrected chi connectivity index (χ1v) is 10.0. The Labute approximate surface area is 174 Å². The maximum absolute atomic E-state index is 12.8. The van der Waals surface area contributed by atoms with Gasteiger partial charge in [0.05, 0.1) is 17.5 Å². The zero-order valence-electron chi connectivity index (χ0n) is 17.4. The van der Waals surface area contributed by atoms with Gasteiger partial charge in [-0.2, -0.15) is 5.10 Å². The molecule has 0 unspecified atom stereocenters. The molecule has 30 heavy (non-hydrogen) atoms. The summed E-state index contributed by atoms with van der Waals surface area (Å²) in [6.07, 6.45) is 4.00. The van der Waals surface area contributed by atoms with Crippen LogP contribution in [0, 0.1) is 6.92 Å². The minimum absolute atomic E-state index is 0.171. The Bertz CT molecular complexity index is 1070. The fraction of sp³-hybridized carbons (Fsp3) is 0.364. The third-order valence-corrected chi connectivity index (χ3v) is 5.36. The average Bonchev–Trinajstić information content (AvgIpc) is 3.43. The number of aryl methyl sites for hydroxylation is 2. The summed E-state index contributed by atoms with van der Waals surface area (Å²) in [4.78, 5) is 31.7. The van der Waals surface area contributed by atoms with Crippen molar-refractivity contribution in [3.8, 4) is 11.5 Å². The first kappa shape index (κ1) is 19.9. The highest BCUT2D eigenvalue weighted by atomic mass is 16.4. The molecule has 0 aliphatic heterocycles. The number of benzene rings is 1. The number of oxazole rings is 1. The molecule has 0 bridgehead atoms. The van der Waals surface area contributed by atoms with Crippen molar-refractivity contribution in [2.45, 2.75) is 32.2 Å². The van der Waals surface area contributed by atoms with Crippen molar-refractivity contribution >= 4 is 11.8 Å². The van der Waals surface area contributed by atoms with E-state index in [0.717, 1.165) is 29.9 Å². The maximum Gasteiger partial charge on any atom is 0.270 e. The average molecular weight is 407 g/mol. The van der Waals surface area contributed by atoms with E-state index in [-0.39, 0.29) is 23.6 Å². The van der Waals surface area contributed by atoms with Gasteiger partial charge in [-0.1, -0.05) is 18.2 Å². The molecular weight excluding hydrogens is 382 g/mol. The number of hydrogen-bond donors (Lipinski definition) is 1. The molecule has 4 rings (SSSR count). The van der Waals surface area contributed by atoms with Crippen LogP contribution in [0.25, 0.3) is 11.5 Å². The van der Waals surface area contributed by atoms with Crippen LogP contribution in [-0.4, -0.2) is 51.1 Å². The lowest BCUT2D eigenvalue weighted by Gasteiger charge is -2.16. The molecule has 0 atom stereocenters. The number of nitrogens with zero attached hydrogens (tertiary/aromatic N) is 4. The fourth-order valence-electron chi connectivity index (χ4n) is 3.42. The van der Waals surface area contributed by atoms with Gasteiger partial charge in [-0.15, -0.1) is 0 Å². The van der Waals surface area contributed by atoms with E-state index in [4.69, 9.17) is 4.42 Å². The number of rotatable bonds is 7. The van der Waals surface area contributed by atoms with Gasteiger partial charge in [0.2, 0.25) is 5.89 Å². The number of amides is 2. The van der Waals surface area contributed by atoms with Gasteiger partial charge < -0.3 is 14.6 Å². The van der Waals surface area contributed by atoms with Crippen molar-refractivity contribution < 1.29 is 14.0 Å². The standard InChI is InChI=1S/C22H25N5O3/c1-14-18(25-21(30-14)15-7-5-4-6-8-15)11-12-23-20(28)19-17(13-24-27(19)3)22(29)26(2)16-9-10-16/h4-8,13,16H,9-12H2,1-3H3,(H,23,28). The second-order valence-electron chi connectivity index (χ2n) is 7.57. The topological polar surface area (TPSA) is 93.3 Å². The molecule has 2 amide bonds. The molecule has 0 saturated heterocycles. The van der Waals surface area contributed by atoms with Crippen LogP contribution in [0.4, 0.5) is 0 Å². The Hall–Kier alpha value is -3.42. The van der Waals surface area contributed by atoms with Gasteiger partial charge in [-0.05, 0) is 31.9 Å². The molecule has 0 spiro atoms. The summed E-state index contributed by atoms with van der Waals surface area (Å²) in [5.74, 6) is 0.796. The van der Waals surface area contributed by atoms with Crippen molar-refractivity contribution in [2.24, 2.45) is 7.05 Å². The van der Waals surface area contributed by atoms with E-state index in [2.05, 4.69) is 15.4 Å². The number of carbonyl (C=O) groups excluding carboxylic acids is 2. The highest BCUT2D eigenvalue weighted by Gasteiger charge is 2.33. The fourth-order valence-corrected chi connectivity index (χ4v) is 3.42. The number of carbonyl (C=O) groups is 2. The van der Waals surface area contributed by atoms with Crippen molar-refractivity contribution in [1.82, 2.24) is 25.0 Å². The lowest BCUT2D eigenvalue weighted by Crippen LogP contribution is -2.33. The number of aromatic nitrogens is 3. The molecule has 2 heterocycles. The molecule has 1 saturated carbocycles. The summed E-state index contributed by atoms with van der Waals surface area (Å²) in [7, 11) is 3.43. The molecule has 1 aliphatic carbocycles. The van der Waals surface area contributed by atoms with E-state index < -0.39 is 0 Å². The first-order chi connectivity index (χ1) is 14.5. The molecule has 1 aliphatic rings. The summed E-state index contributed by atoms with van der Waals surface area (Å²) in [5.41, 5.74) is 2.31. The molecule has 8 heteroatoms. The SMILES string of the molecule is Cc1oc(-c2ccccc2)nc1CCNC(=O)c1c(C(=O)N(C)C2CC2)cnn1C. The van der Waals surface area contributed by atoms with Crippen LogP contribution in [-0.2, 0) is 13.5 Å². The molecule has 8 nitrogen and oxygen atoms in total. The number of nitrogens with one attached hydrogen (secondary N) is 1. The van der Waals surface area contributed by atoms with Crippen LogP contribution in [0.5, 0.6) is 0 Å². The van der Waals surface area contributed by atoms with Crippen LogP contribution < -0.4 is 5.32 Å². The number of hydrogen-bond acceptors (Lipinski definition) is 5. The van der Waals surface area contributed by atoms with Crippen LogP contribution >= 0.6 is 0 Å². The van der Waals surface area contributed by atoms with E-state index in [9.17, 15) is 9.59 Å². The second-order valence-corrected chi connectivity index (χ2v) is 7.57.